The third-order valence-corrected chi connectivity index (χ3v) is 8.22. The van der Waals surface area contributed by atoms with Crippen LogP contribution in [0.3, 0.4) is 0 Å². The van der Waals surface area contributed by atoms with Crippen LogP contribution in [0, 0.1) is 0 Å². The highest BCUT2D eigenvalue weighted by Crippen LogP contribution is 2.23. The summed E-state index contributed by atoms with van der Waals surface area (Å²) in [5, 5.41) is 19.3. The van der Waals surface area contributed by atoms with Crippen LogP contribution in [0.15, 0.2) is 29.2 Å². The molecule has 4 nitrogen and oxygen atoms in total. The molecule has 0 saturated carbocycles. The maximum atomic E-state index is 11.2. The molecule has 0 aliphatic heterocycles. The van der Waals surface area contributed by atoms with E-state index in [0.29, 0.717) is 23.9 Å². The first kappa shape index (κ1) is 34.0. The van der Waals surface area contributed by atoms with Crippen LogP contribution in [0.1, 0.15) is 146 Å². The van der Waals surface area contributed by atoms with Gasteiger partial charge in [0, 0.05) is 17.3 Å². The minimum atomic E-state index is -0.937. The van der Waals surface area contributed by atoms with Crippen molar-refractivity contribution >= 4 is 17.7 Å². The summed E-state index contributed by atoms with van der Waals surface area (Å²) in [6, 6.07) is 6.90. The molecule has 1 aromatic carbocycles. The smallest absolute Gasteiger partial charge is 0.336 e. The van der Waals surface area contributed by atoms with E-state index in [0.717, 1.165) is 6.42 Å². The van der Waals surface area contributed by atoms with Crippen LogP contribution < -0.4 is 0 Å². The summed E-state index contributed by atoms with van der Waals surface area (Å²) in [5.41, 5.74) is 0.282. The van der Waals surface area contributed by atoms with Gasteiger partial charge in [-0.05, 0) is 18.6 Å². The fourth-order valence-corrected chi connectivity index (χ4v) is 5.64. The standard InChI is InChI=1S/C32H56O4S/c1-2-3-4-5-6-7-8-9-10-11-12-13-14-15-16-17-18-19-20-23-26-36-27-29(33)28-37-31-25-22-21-24-30(31)32(34)35/h21-22,24-25,29,33H,2-20,23,26-28H2,1H3,(H,34,35). The third kappa shape index (κ3) is 20.6. The number of aliphatic hydroxyl groups excluding tert-OH is 1. The van der Waals surface area contributed by atoms with Gasteiger partial charge in [0.25, 0.3) is 0 Å². The van der Waals surface area contributed by atoms with Crippen molar-refractivity contribution < 1.29 is 19.7 Å². The number of carboxylic acids is 1. The third-order valence-electron chi connectivity index (χ3n) is 7.00. The van der Waals surface area contributed by atoms with E-state index in [4.69, 9.17) is 4.74 Å². The summed E-state index contributed by atoms with van der Waals surface area (Å²) < 4.78 is 5.62. The number of carboxylic acid groups (broad SMARTS) is 1. The molecule has 0 fully saturated rings. The molecule has 37 heavy (non-hydrogen) atoms. The minimum Gasteiger partial charge on any atom is -0.478 e. The number of ether oxygens (including phenoxy) is 1. The molecule has 1 atom stereocenters. The summed E-state index contributed by atoms with van der Waals surface area (Å²) in [6.07, 6.45) is 27.0. The molecular weight excluding hydrogens is 480 g/mol. The van der Waals surface area contributed by atoms with E-state index in [-0.39, 0.29) is 5.56 Å². The first-order valence-corrected chi connectivity index (χ1v) is 16.3. The number of aliphatic hydroxyl groups is 1. The van der Waals surface area contributed by atoms with Crippen molar-refractivity contribution in [2.24, 2.45) is 0 Å². The highest BCUT2D eigenvalue weighted by atomic mass is 32.2. The zero-order valence-corrected chi connectivity index (χ0v) is 24.6. The second-order valence-corrected chi connectivity index (χ2v) is 11.6. The minimum absolute atomic E-state index is 0.282. The van der Waals surface area contributed by atoms with Gasteiger partial charge in [-0.3, -0.25) is 0 Å². The molecule has 0 heterocycles. The van der Waals surface area contributed by atoms with E-state index in [2.05, 4.69) is 6.92 Å². The Bertz CT molecular complexity index is 651. The summed E-state index contributed by atoms with van der Waals surface area (Å²) >= 11 is 1.36. The number of unbranched alkanes of at least 4 members (excludes halogenated alkanes) is 19. The van der Waals surface area contributed by atoms with Crippen molar-refractivity contribution in [3.8, 4) is 0 Å². The Morgan fingerprint density at radius 1 is 0.730 bits per heavy atom. The zero-order chi connectivity index (χ0) is 26.8. The van der Waals surface area contributed by atoms with Crippen LogP contribution in [0.25, 0.3) is 0 Å². The van der Waals surface area contributed by atoms with Crippen molar-refractivity contribution in [3.05, 3.63) is 29.8 Å². The van der Waals surface area contributed by atoms with Gasteiger partial charge in [0.2, 0.25) is 0 Å². The summed E-state index contributed by atoms with van der Waals surface area (Å²) in [5.74, 6) is -0.503. The van der Waals surface area contributed by atoms with Crippen LogP contribution in [0.2, 0.25) is 0 Å². The van der Waals surface area contributed by atoms with Gasteiger partial charge in [-0.25, -0.2) is 4.79 Å². The molecule has 0 aliphatic carbocycles. The lowest BCUT2D eigenvalue weighted by molar-refractivity contribution is 0.0467. The molecular formula is C32H56O4S. The highest BCUT2D eigenvalue weighted by Gasteiger charge is 2.12. The maximum Gasteiger partial charge on any atom is 0.336 e. The van der Waals surface area contributed by atoms with Crippen molar-refractivity contribution in [3.63, 3.8) is 0 Å². The zero-order valence-electron chi connectivity index (χ0n) is 23.8. The Kier molecular flexibility index (Phi) is 23.2. The normalized spacial score (nSPS) is 12.2. The molecule has 2 N–H and O–H groups in total. The number of carbonyl (C=O) groups is 1. The van der Waals surface area contributed by atoms with Crippen molar-refractivity contribution in [2.75, 3.05) is 19.0 Å². The maximum absolute atomic E-state index is 11.2. The summed E-state index contributed by atoms with van der Waals surface area (Å²) in [4.78, 5) is 11.9. The van der Waals surface area contributed by atoms with Gasteiger partial charge >= 0.3 is 5.97 Å². The van der Waals surface area contributed by atoms with E-state index >= 15 is 0 Å². The molecule has 1 aromatic rings. The molecule has 0 radical (unpaired) electrons. The van der Waals surface area contributed by atoms with Crippen LogP contribution in [0.5, 0.6) is 0 Å². The lowest BCUT2D eigenvalue weighted by Gasteiger charge is -2.12. The fourth-order valence-electron chi connectivity index (χ4n) is 4.68. The Morgan fingerprint density at radius 3 is 1.62 bits per heavy atom. The van der Waals surface area contributed by atoms with E-state index in [1.165, 1.54) is 134 Å². The van der Waals surface area contributed by atoms with Crippen molar-refractivity contribution in [1.29, 1.82) is 0 Å². The molecule has 0 spiro atoms. The molecule has 1 unspecified atom stereocenters. The van der Waals surface area contributed by atoms with Crippen LogP contribution in [0.4, 0.5) is 0 Å². The number of thioether (sulfide) groups is 1. The largest absolute Gasteiger partial charge is 0.478 e. The summed E-state index contributed by atoms with van der Waals surface area (Å²) in [7, 11) is 0. The lowest BCUT2D eigenvalue weighted by atomic mass is 10.0. The van der Waals surface area contributed by atoms with Crippen molar-refractivity contribution in [2.45, 2.75) is 146 Å². The second kappa shape index (κ2) is 25.2. The average Bonchev–Trinajstić information content (AvgIpc) is 2.90. The van der Waals surface area contributed by atoms with Crippen LogP contribution >= 0.6 is 11.8 Å². The Hall–Kier alpha value is -1.04. The predicted octanol–water partition coefficient (Wildman–Crippen LogP) is 9.68. The number of rotatable bonds is 27. The molecule has 1 rings (SSSR count). The fraction of sp³-hybridized carbons (Fsp3) is 0.781. The second-order valence-electron chi connectivity index (χ2n) is 10.6. The molecule has 214 valence electrons. The van der Waals surface area contributed by atoms with Gasteiger partial charge < -0.3 is 14.9 Å². The monoisotopic (exact) mass is 536 g/mol. The Labute approximate surface area is 232 Å². The lowest BCUT2D eigenvalue weighted by Crippen LogP contribution is -2.18. The summed E-state index contributed by atoms with van der Waals surface area (Å²) in [6.45, 7) is 3.28. The molecule has 0 aliphatic rings. The predicted molar refractivity (Wildman–Crippen MR) is 159 cm³/mol. The molecule has 0 bridgehead atoms. The SMILES string of the molecule is CCCCCCCCCCCCCCCCCCCCCCOCC(O)CSc1ccccc1C(=O)O. The number of hydrogen-bond acceptors (Lipinski definition) is 4. The molecule has 5 heteroatoms. The molecule has 0 aromatic heterocycles. The quantitative estimate of drug-likeness (QED) is 0.0865. The van der Waals surface area contributed by atoms with Crippen LogP contribution in [-0.2, 0) is 4.74 Å². The van der Waals surface area contributed by atoms with Crippen molar-refractivity contribution in [1.82, 2.24) is 0 Å². The number of benzene rings is 1. The molecule has 0 saturated heterocycles. The molecule has 0 amide bonds. The van der Waals surface area contributed by atoms with Gasteiger partial charge in [0.1, 0.15) is 0 Å². The van der Waals surface area contributed by atoms with Gasteiger partial charge in [-0.1, -0.05) is 141 Å². The van der Waals surface area contributed by atoms with Crippen LogP contribution in [-0.4, -0.2) is 41.3 Å². The van der Waals surface area contributed by atoms with E-state index < -0.39 is 12.1 Å². The highest BCUT2D eigenvalue weighted by molar-refractivity contribution is 7.99. The first-order chi connectivity index (χ1) is 18.1. The van der Waals surface area contributed by atoms with Gasteiger partial charge in [0.05, 0.1) is 18.3 Å². The number of aromatic carboxylic acids is 1. The van der Waals surface area contributed by atoms with Gasteiger partial charge in [0.15, 0.2) is 0 Å². The van der Waals surface area contributed by atoms with E-state index in [1.807, 2.05) is 6.07 Å². The average molecular weight is 537 g/mol. The number of hydrogen-bond donors (Lipinski definition) is 2. The van der Waals surface area contributed by atoms with E-state index in [1.54, 1.807) is 18.2 Å². The van der Waals surface area contributed by atoms with Gasteiger partial charge in [-0.15, -0.1) is 11.8 Å². The van der Waals surface area contributed by atoms with Gasteiger partial charge in [-0.2, -0.15) is 0 Å². The first-order valence-electron chi connectivity index (χ1n) is 15.4. The Balaban J connectivity index is 1.78. The Morgan fingerprint density at radius 2 is 1.16 bits per heavy atom. The topological polar surface area (TPSA) is 66.8 Å². The van der Waals surface area contributed by atoms with E-state index in [9.17, 15) is 15.0 Å².